The summed E-state index contributed by atoms with van der Waals surface area (Å²) >= 11 is 0. The maximum absolute atomic E-state index is 6.11. The molecular formula is C23H28N4O2. The van der Waals surface area contributed by atoms with Gasteiger partial charge in [0.05, 0.1) is 13.3 Å². The molecule has 152 valence electrons. The van der Waals surface area contributed by atoms with E-state index in [4.69, 9.17) is 9.47 Å². The number of rotatable bonds is 6. The van der Waals surface area contributed by atoms with Crippen LogP contribution in [0.25, 0.3) is 0 Å². The van der Waals surface area contributed by atoms with Crippen molar-refractivity contribution < 1.29 is 9.47 Å². The minimum Gasteiger partial charge on any atom is -0.493 e. The zero-order chi connectivity index (χ0) is 21.0. The Balaban J connectivity index is 1.77. The van der Waals surface area contributed by atoms with E-state index >= 15 is 0 Å². The molecule has 0 fully saturated rings. The lowest BCUT2D eigenvalue weighted by Crippen LogP contribution is -2.13. The fourth-order valence-electron chi connectivity index (χ4n) is 3.08. The first-order valence-corrected chi connectivity index (χ1v) is 9.58. The van der Waals surface area contributed by atoms with Gasteiger partial charge in [0, 0.05) is 0 Å². The molecule has 0 aliphatic heterocycles. The average molecular weight is 393 g/mol. The van der Waals surface area contributed by atoms with E-state index in [9.17, 15) is 0 Å². The number of hydrogen-bond donors (Lipinski definition) is 0. The predicted octanol–water partition coefficient (Wildman–Crippen LogP) is 4.66. The Hall–Kier alpha value is -3.15. The second kappa shape index (κ2) is 8.47. The van der Waals surface area contributed by atoms with Crippen LogP contribution >= 0.6 is 0 Å². The first kappa shape index (κ1) is 20.6. The molecule has 6 nitrogen and oxygen atoms in total. The Morgan fingerprint density at radius 1 is 1.00 bits per heavy atom. The third-order valence-corrected chi connectivity index (χ3v) is 4.87. The zero-order valence-electron chi connectivity index (χ0n) is 17.9. The van der Waals surface area contributed by atoms with Crippen molar-refractivity contribution >= 4 is 6.21 Å². The van der Waals surface area contributed by atoms with Crippen molar-refractivity contribution in [1.29, 1.82) is 0 Å². The second-order valence-corrected chi connectivity index (χ2v) is 8.12. The van der Waals surface area contributed by atoms with E-state index in [0.717, 1.165) is 5.56 Å². The predicted molar refractivity (Wildman–Crippen MR) is 115 cm³/mol. The van der Waals surface area contributed by atoms with Crippen LogP contribution in [0.4, 0.5) is 0 Å². The summed E-state index contributed by atoms with van der Waals surface area (Å²) < 4.78 is 13.2. The van der Waals surface area contributed by atoms with E-state index in [1.807, 2.05) is 18.2 Å². The molecule has 0 saturated carbocycles. The van der Waals surface area contributed by atoms with Gasteiger partial charge < -0.3 is 9.47 Å². The van der Waals surface area contributed by atoms with E-state index in [0.29, 0.717) is 18.1 Å². The highest BCUT2D eigenvalue weighted by molar-refractivity contribution is 5.80. The van der Waals surface area contributed by atoms with Crippen LogP contribution in [0.1, 0.15) is 48.6 Å². The molecule has 3 rings (SSSR count). The molecule has 3 aromatic rings. The number of benzene rings is 2. The summed E-state index contributed by atoms with van der Waals surface area (Å²) in [5.41, 5.74) is 6.05. The van der Waals surface area contributed by atoms with Crippen LogP contribution in [0.5, 0.6) is 11.5 Å². The van der Waals surface area contributed by atoms with Crippen LogP contribution in [0.3, 0.4) is 0 Å². The smallest absolute Gasteiger partial charge is 0.161 e. The van der Waals surface area contributed by atoms with Crippen molar-refractivity contribution in [3.05, 3.63) is 70.8 Å². The van der Waals surface area contributed by atoms with Gasteiger partial charge in [-0.3, -0.25) is 0 Å². The maximum atomic E-state index is 6.11. The molecule has 0 amide bonds. The lowest BCUT2D eigenvalue weighted by atomic mass is 9.84. The first-order valence-electron chi connectivity index (χ1n) is 9.58. The van der Waals surface area contributed by atoms with E-state index in [2.05, 4.69) is 62.1 Å². The molecule has 0 unspecified atom stereocenters. The molecule has 0 spiro atoms. The van der Waals surface area contributed by atoms with Gasteiger partial charge in [-0.25, -0.2) is 4.68 Å². The number of nitrogens with zero attached hydrogens (tertiary/aromatic N) is 4. The summed E-state index contributed by atoms with van der Waals surface area (Å²) in [5.74, 6) is 1.37. The largest absolute Gasteiger partial charge is 0.493 e. The van der Waals surface area contributed by atoms with E-state index in [-0.39, 0.29) is 5.41 Å². The summed E-state index contributed by atoms with van der Waals surface area (Å²) in [6.07, 6.45) is 4.77. The summed E-state index contributed by atoms with van der Waals surface area (Å²) in [7, 11) is 1.64. The summed E-state index contributed by atoms with van der Waals surface area (Å²) in [6.45, 7) is 11.5. The highest BCUT2D eigenvalue weighted by Gasteiger charge is 2.17. The molecule has 1 aromatic heterocycles. The number of methoxy groups -OCH3 is 1. The summed E-state index contributed by atoms with van der Waals surface area (Å²) in [5, 5.41) is 11.7. The Labute approximate surface area is 172 Å². The van der Waals surface area contributed by atoms with E-state index in [1.165, 1.54) is 39.6 Å². The quantitative estimate of drug-likeness (QED) is 0.572. The van der Waals surface area contributed by atoms with E-state index < -0.39 is 0 Å². The lowest BCUT2D eigenvalue weighted by Gasteiger charge is -2.22. The summed E-state index contributed by atoms with van der Waals surface area (Å²) in [4.78, 5) is 0. The van der Waals surface area contributed by atoms with Crippen LogP contribution in [0.2, 0.25) is 0 Å². The highest BCUT2D eigenvalue weighted by Crippen LogP contribution is 2.31. The van der Waals surface area contributed by atoms with Crippen molar-refractivity contribution in [2.45, 2.75) is 46.6 Å². The molecule has 0 atom stereocenters. The molecule has 0 radical (unpaired) electrons. The fourth-order valence-corrected chi connectivity index (χ4v) is 3.08. The molecule has 6 heteroatoms. The van der Waals surface area contributed by atoms with Crippen molar-refractivity contribution in [2.75, 3.05) is 7.11 Å². The van der Waals surface area contributed by atoms with Crippen LogP contribution in [0, 0.1) is 13.8 Å². The van der Waals surface area contributed by atoms with Crippen molar-refractivity contribution in [3.63, 3.8) is 0 Å². The third-order valence-electron chi connectivity index (χ3n) is 4.87. The molecule has 0 aliphatic carbocycles. The molecule has 0 N–H and O–H groups in total. The van der Waals surface area contributed by atoms with Gasteiger partial charge in [-0.05, 0) is 65.3 Å². The molecule has 0 saturated heterocycles. The van der Waals surface area contributed by atoms with Gasteiger partial charge >= 0.3 is 0 Å². The van der Waals surface area contributed by atoms with Crippen LogP contribution < -0.4 is 9.47 Å². The molecule has 0 aliphatic rings. The van der Waals surface area contributed by atoms with E-state index in [1.54, 1.807) is 13.3 Å². The third kappa shape index (κ3) is 5.02. The minimum absolute atomic E-state index is 0.127. The number of ether oxygens (including phenoxy) is 2. The zero-order valence-corrected chi connectivity index (χ0v) is 17.9. The average Bonchev–Trinajstić information content (AvgIpc) is 3.19. The van der Waals surface area contributed by atoms with Crippen molar-refractivity contribution in [1.82, 2.24) is 14.9 Å². The molecule has 0 bridgehead atoms. The fraction of sp³-hybridized carbons (Fsp3) is 0.348. The first-order chi connectivity index (χ1) is 13.8. The van der Waals surface area contributed by atoms with Gasteiger partial charge in [-0.2, -0.15) is 5.10 Å². The topological polar surface area (TPSA) is 61.5 Å². The van der Waals surface area contributed by atoms with Crippen LogP contribution in [0.15, 0.2) is 48.1 Å². The van der Waals surface area contributed by atoms with Gasteiger partial charge in [-0.1, -0.05) is 32.9 Å². The second-order valence-electron chi connectivity index (χ2n) is 8.12. The molecular weight excluding hydrogens is 364 g/mol. The van der Waals surface area contributed by atoms with Gasteiger partial charge in [-0.15, -0.1) is 10.2 Å². The Kier molecular flexibility index (Phi) is 6.01. The Morgan fingerprint density at radius 2 is 1.66 bits per heavy atom. The Morgan fingerprint density at radius 3 is 2.24 bits per heavy atom. The number of aryl methyl sites for hydroxylation is 2. The normalized spacial score (nSPS) is 11.8. The molecule has 29 heavy (non-hydrogen) atoms. The van der Waals surface area contributed by atoms with Crippen LogP contribution in [-0.2, 0) is 12.0 Å². The van der Waals surface area contributed by atoms with Crippen LogP contribution in [-0.4, -0.2) is 28.2 Å². The Bertz CT molecular complexity index is 979. The highest BCUT2D eigenvalue weighted by atomic mass is 16.5. The standard InChI is InChI=1S/C23H28N4O2/c1-16-9-19(23(3,4)5)10-17(2)20(16)13-29-21-8-7-18(11-22(21)28-6)12-26-27-14-24-25-15-27/h7-12,14-15H,13H2,1-6H3/b26-12-. The van der Waals surface area contributed by atoms with Crippen molar-refractivity contribution in [2.24, 2.45) is 5.10 Å². The maximum Gasteiger partial charge on any atom is 0.161 e. The van der Waals surface area contributed by atoms with Gasteiger partial charge in [0.1, 0.15) is 19.3 Å². The monoisotopic (exact) mass is 392 g/mol. The van der Waals surface area contributed by atoms with Gasteiger partial charge in [0.2, 0.25) is 0 Å². The van der Waals surface area contributed by atoms with Crippen molar-refractivity contribution in [3.8, 4) is 11.5 Å². The SMILES string of the molecule is COc1cc(/C=N\n2cnnc2)ccc1OCc1c(C)cc(C(C)(C)C)cc1C. The summed E-state index contributed by atoms with van der Waals surface area (Å²) in [6, 6.07) is 10.3. The number of aromatic nitrogens is 3. The molecule has 2 aromatic carbocycles. The minimum atomic E-state index is 0.127. The van der Waals surface area contributed by atoms with Gasteiger partial charge in [0.25, 0.3) is 0 Å². The number of hydrogen-bond acceptors (Lipinski definition) is 5. The molecule has 1 heterocycles. The lowest BCUT2D eigenvalue weighted by molar-refractivity contribution is 0.283. The van der Waals surface area contributed by atoms with Gasteiger partial charge in [0.15, 0.2) is 11.5 Å².